The van der Waals surface area contributed by atoms with Crippen molar-refractivity contribution in [3.63, 3.8) is 0 Å². The fourth-order valence-electron chi connectivity index (χ4n) is 9.33. The van der Waals surface area contributed by atoms with Gasteiger partial charge in [-0.1, -0.05) is 41.5 Å². The van der Waals surface area contributed by atoms with Crippen molar-refractivity contribution in [2.45, 2.75) is 105 Å². The van der Waals surface area contributed by atoms with Gasteiger partial charge in [0.15, 0.2) is 5.78 Å². The lowest BCUT2D eigenvalue weighted by atomic mass is 9.42. The van der Waals surface area contributed by atoms with E-state index in [2.05, 4.69) is 0 Å². The summed E-state index contributed by atoms with van der Waals surface area (Å²) in [6, 6.07) is 0. The molecule has 0 aromatic heterocycles. The second kappa shape index (κ2) is 9.59. The molecule has 0 saturated heterocycles. The highest BCUT2D eigenvalue weighted by Crippen LogP contribution is 2.70. The first-order chi connectivity index (χ1) is 17.9. The van der Waals surface area contributed by atoms with Gasteiger partial charge in [0.2, 0.25) is 0 Å². The van der Waals surface area contributed by atoms with Crippen molar-refractivity contribution in [2.75, 3.05) is 7.11 Å². The van der Waals surface area contributed by atoms with E-state index in [-0.39, 0.29) is 42.7 Å². The van der Waals surface area contributed by atoms with Crippen molar-refractivity contribution >= 4 is 23.3 Å². The van der Waals surface area contributed by atoms with Crippen LogP contribution in [0.25, 0.3) is 0 Å². The molecule has 4 aliphatic carbocycles. The highest BCUT2D eigenvalue weighted by Gasteiger charge is 2.73. The monoisotopic (exact) mass is 546 g/mol. The maximum absolute atomic E-state index is 14.2. The Morgan fingerprint density at radius 3 is 2.23 bits per heavy atom. The summed E-state index contributed by atoms with van der Waals surface area (Å²) in [4.78, 5) is 52.9. The first-order valence-corrected chi connectivity index (χ1v) is 14.4. The standard InChI is InChI=1S/C31H46O8/c1-15(11-17(32)12-16(2)27(38)39-8)18-13-22(35)31(7)23-19(33)14-20-28(3,4)21(34)9-10-29(20,5)24(23)25(36)26(37)30(18,31)6/h15-16,18-21,26,33-34,37H,9-14H2,1-8H3/t15-,16-,18-,19+,20+,21+,26-,29+,30+,31+/m1/s1. The number of Topliss-reactive ketones (excluding diaryl/α,β-unsaturated/α-hetero) is 3. The zero-order chi connectivity index (χ0) is 29.5. The van der Waals surface area contributed by atoms with Gasteiger partial charge in [-0.15, -0.1) is 0 Å². The average Bonchev–Trinajstić information content (AvgIpc) is 3.07. The zero-order valence-corrected chi connectivity index (χ0v) is 24.7. The molecule has 0 aromatic carbocycles. The molecule has 4 rings (SSSR count). The number of aliphatic hydroxyl groups excluding tert-OH is 3. The SMILES string of the molecule is COC(=O)[C@H](C)CC(=O)C[C@@H](C)[C@H]1CC(=O)[C@@]2(C)C3=C(C(=O)[C@@H](O)[C@]12C)[C@@]1(C)CC[C@H](O)C(C)(C)[C@@H]1C[C@@H]3O. The van der Waals surface area contributed by atoms with Crippen LogP contribution in [0.4, 0.5) is 0 Å². The van der Waals surface area contributed by atoms with Crippen LogP contribution in [0.3, 0.4) is 0 Å². The highest BCUT2D eigenvalue weighted by atomic mass is 16.5. The number of methoxy groups -OCH3 is 1. The Kier molecular flexibility index (Phi) is 7.39. The Bertz CT molecular complexity index is 1120. The number of fused-ring (bicyclic) bond motifs is 4. The molecule has 0 radical (unpaired) electrons. The van der Waals surface area contributed by atoms with E-state index < -0.39 is 63.6 Å². The van der Waals surface area contributed by atoms with E-state index in [9.17, 15) is 34.5 Å². The zero-order valence-electron chi connectivity index (χ0n) is 24.7. The molecule has 0 amide bonds. The third kappa shape index (κ3) is 3.95. The van der Waals surface area contributed by atoms with Crippen LogP contribution >= 0.6 is 0 Å². The first-order valence-electron chi connectivity index (χ1n) is 14.4. The molecular weight excluding hydrogens is 500 g/mol. The minimum atomic E-state index is -1.47. The Morgan fingerprint density at radius 1 is 1.03 bits per heavy atom. The Hall–Kier alpha value is -1.90. The van der Waals surface area contributed by atoms with Gasteiger partial charge in [0.05, 0.1) is 30.7 Å². The molecule has 3 N–H and O–H groups in total. The van der Waals surface area contributed by atoms with Crippen LogP contribution in [0.15, 0.2) is 11.1 Å². The molecular formula is C31H46O8. The van der Waals surface area contributed by atoms with Crippen LogP contribution in [0.5, 0.6) is 0 Å². The second-order valence-electron chi connectivity index (χ2n) is 14.1. The molecule has 0 aliphatic heterocycles. The number of carbonyl (C=O) groups excluding carboxylic acids is 4. The Balaban J connectivity index is 1.76. The summed E-state index contributed by atoms with van der Waals surface area (Å²) in [6.45, 7) is 12.9. The van der Waals surface area contributed by atoms with Gasteiger partial charge in [-0.3, -0.25) is 19.2 Å². The normalized spacial score (nSPS) is 42.8. The lowest BCUT2D eigenvalue weighted by Crippen LogP contribution is -2.64. The molecule has 2 saturated carbocycles. The molecule has 39 heavy (non-hydrogen) atoms. The van der Waals surface area contributed by atoms with E-state index in [1.165, 1.54) is 7.11 Å². The molecule has 8 nitrogen and oxygen atoms in total. The van der Waals surface area contributed by atoms with Crippen molar-refractivity contribution < 1.29 is 39.2 Å². The van der Waals surface area contributed by atoms with E-state index >= 15 is 0 Å². The predicted molar refractivity (Wildman–Crippen MR) is 143 cm³/mol. The number of hydrogen-bond acceptors (Lipinski definition) is 8. The van der Waals surface area contributed by atoms with Crippen LogP contribution in [0, 0.1) is 45.3 Å². The average molecular weight is 547 g/mol. The molecule has 0 heterocycles. The van der Waals surface area contributed by atoms with Gasteiger partial charge in [0, 0.05) is 30.3 Å². The molecule has 2 fully saturated rings. The second-order valence-corrected chi connectivity index (χ2v) is 14.1. The van der Waals surface area contributed by atoms with Gasteiger partial charge >= 0.3 is 5.97 Å². The van der Waals surface area contributed by atoms with Crippen molar-refractivity contribution in [3.8, 4) is 0 Å². The molecule has 8 heteroatoms. The lowest BCUT2D eigenvalue weighted by Gasteiger charge is -2.62. The van der Waals surface area contributed by atoms with Crippen LogP contribution in [-0.2, 0) is 23.9 Å². The number of ether oxygens (including phenoxy) is 1. The number of aliphatic hydroxyl groups is 3. The minimum Gasteiger partial charge on any atom is -0.469 e. The summed E-state index contributed by atoms with van der Waals surface area (Å²) in [7, 11) is 1.28. The summed E-state index contributed by atoms with van der Waals surface area (Å²) in [5.41, 5.74) is -2.91. The van der Waals surface area contributed by atoms with E-state index in [1.807, 2.05) is 27.7 Å². The minimum absolute atomic E-state index is 0.0164. The van der Waals surface area contributed by atoms with Crippen LogP contribution < -0.4 is 0 Å². The van der Waals surface area contributed by atoms with Crippen molar-refractivity contribution in [3.05, 3.63) is 11.1 Å². The summed E-state index contributed by atoms with van der Waals surface area (Å²) in [5.74, 6) is -2.77. The number of ketones is 3. The molecule has 218 valence electrons. The van der Waals surface area contributed by atoms with Crippen molar-refractivity contribution in [2.24, 2.45) is 45.3 Å². The Labute approximate surface area is 231 Å². The van der Waals surface area contributed by atoms with Gasteiger partial charge in [0.25, 0.3) is 0 Å². The summed E-state index contributed by atoms with van der Waals surface area (Å²) in [5, 5.41) is 34.2. The summed E-state index contributed by atoms with van der Waals surface area (Å²) >= 11 is 0. The maximum Gasteiger partial charge on any atom is 0.308 e. The number of carbonyl (C=O) groups is 4. The highest BCUT2D eigenvalue weighted by molar-refractivity contribution is 6.07. The fourth-order valence-corrected chi connectivity index (χ4v) is 9.33. The van der Waals surface area contributed by atoms with E-state index in [0.717, 1.165) is 0 Å². The lowest BCUT2D eigenvalue weighted by molar-refractivity contribution is -0.159. The van der Waals surface area contributed by atoms with Gasteiger partial charge in [-0.2, -0.15) is 0 Å². The number of esters is 1. The molecule has 10 atom stereocenters. The Morgan fingerprint density at radius 2 is 1.64 bits per heavy atom. The maximum atomic E-state index is 14.2. The van der Waals surface area contributed by atoms with E-state index in [4.69, 9.17) is 4.74 Å². The van der Waals surface area contributed by atoms with Gasteiger partial charge in [-0.25, -0.2) is 0 Å². The smallest absolute Gasteiger partial charge is 0.308 e. The number of rotatable bonds is 6. The molecule has 4 aliphatic rings. The fraction of sp³-hybridized carbons (Fsp3) is 0.806. The molecule has 0 spiro atoms. The van der Waals surface area contributed by atoms with Crippen LogP contribution in [0.1, 0.15) is 87.0 Å². The summed E-state index contributed by atoms with van der Waals surface area (Å²) in [6.07, 6.45) is -1.55. The topological polar surface area (TPSA) is 138 Å². The summed E-state index contributed by atoms with van der Waals surface area (Å²) < 4.78 is 4.73. The van der Waals surface area contributed by atoms with Crippen molar-refractivity contribution in [1.29, 1.82) is 0 Å². The van der Waals surface area contributed by atoms with Gasteiger partial charge < -0.3 is 20.1 Å². The molecule has 0 bridgehead atoms. The first kappa shape index (κ1) is 30.1. The van der Waals surface area contributed by atoms with Crippen molar-refractivity contribution in [1.82, 2.24) is 0 Å². The van der Waals surface area contributed by atoms with E-state index in [1.54, 1.807) is 20.8 Å². The molecule has 0 unspecified atom stereocenters. The quantitative estimate of drug-likeness (QED) is 0.432. The van der Waals surface area contributed by atoms with E-state index in [0.29, 0.717) is 30.4 Å². The van der Waals surface area contributed by atoms with Gasteiger partial charge in [0.1, 0.15) is 17.7 Å². The predicted octanol–water partition coefficient (Wildman–Crippen LogP) is 3.19. The van der Waals surface area contributed by atoms with Crippen LogP contribution in [-0.4, -0.2) is 64.1 Å². The number of hydrogen-bond donors (Lipinski definition) is 3. The third-order valence-corrected chi connectivity index (χ3v) is 11.9. The molecule has 0 aromatic rings. The van der Waals surface area contributed by atoms with Crippen LogP contribution in [0.2, 0.25) is 0 Å². The third-order valence-electron chi connectivity index (χ3n) is 11.9. The largest absolute Gasteiger partial charge is 0.469 e. The van der Waals surface area contributed by atoms with Gasteiger partial charge in [-0.05, 0) is 60.3 Å².